The van der Waals surface area contributed by atoms with Crippen LogP contribution in [-0.4, -0.2) is 15.0 Å². The largest absolute Gasteiger partial charge is 0.447 e. The van der Waals surface area contributed by atoms with E-state index in [-0.39, 0.29) is 27.2 Å². The maximum Gasteiger partial charge on any atom is 0.272 e. The number of benzene rings is 1. The van der Waals surface area contributed by atoms with Crippen LogP contribution in [0, 0.1) is 0 Å². The Balaban J connectivity index is 1.92. The molecule has 2 aromatic heterocycles. The molecule has 0 aliphatic rings. The highest BCUT2D eigenvalue weighted by molar-refractivity contribution is 5.46. The molecular weight excluding hydrogens is 342 g/mol. The highest BCUT2D eigenvalue weighted by Crippen LogP contribution is 2.25. The molecule has 140 valence electrons. The van der Waals surface area contributed by atoms with Crippen molar-refractivity contribution in [2.45, 2.75) is 39.0 Å². The summed E-state index contributed by atoms with van der Waals surface area (Å²) in [6.45, 7) is 5.97. The zero-order valence-electron chi connectivity index (χ0n) is 15.7. The molecule has 2 N–H and O–H groups in total. The summed E-state index contributed by atoms with van der Waals surface area (Å²) in [6, 6.07) is 9.98. The number of hydrogen-bond acceptors (Lipinski definition) is 4. The Morgan fingerprint density at radius 1 is 1.04 bits per heavy atom. The average molecular weight is 365 g/mol. The first kappa shape index (κ1) is 18.6. The summed E-state index contributed by atoms with van der Waals surface area (Å²) in [4.78, 5) is 34.1. The molecule has 0 spiro atoms. The zero-order valence-corrected chi connectivity index (χ0v) is 15.7. The first-order valence-electron chi connectivity index (χ1n) is 8.87. The highest BCUT2D eigenvalue weighted by atomic mass is 16.3. The lowest BCUT2D eigenvalue weighted by Crippen LogP contribution is -2.46. The molecule has 6 heteroatoms. The first-order valence-corrected chi connectivity index (χ1v) is 8.87. The summed E-state index contributed by atoms with van der Waals surface area (Å²) in [5.41, 5.74) is 0.737. The van der Waals surface area contributed by atoms with Crippen molar-refractivity contribution in [3.8, 4) is 0 Å². The quantitative estimate of drug-likeness (QED) is 0.734. The molecule has 0 bridgehead atoms. The molecular formula is C21H23N3O3. The number of rotatable bonds is 4. The van der Waals surface area contributed by atoms with Crippen LogP contribution >= 0.6 is 0 Å². The second-order valence-electron chi connectivity index (χ2n) is 7.43. The van der Waals surface area contributed by atoms with Crippen LogP contribution in [0.25, 0.3) is 12.2 Å². The topological polar surface area (TPSA) is 91.8 Å². The van der Waals surface area contributed by atoms with E-state index in [2.05, 4.69) is 15.0 Å². The molecule has 6 nitrogen and oxygen atoms in total. The van der Waals surface area contributed by atoms with E-state index in [4.69, 9.17) is 4.42 Å². The van der Waals surface area contributed by atoms with Gasteiger partial charge in [0.1, 0.15) is 22.2 Å². The molecule has 0 fully saturated rings. The van der Waals surface area contributed by atoms with Crippen LogP contribution in [0.1, 0.15) is 44.2 Å². The summed E-state index contributed by atoms with van der Waals surface area (Å²) in [6.07, 6.45) is 6.07. The van der Waals surface area contributed by atoms with Gasteiger partial charge >= 0.3 is 0 Å². The van der Waals surface area contributed by atoms with E-state index < -0.39 is 0 Å². The van der Waals surface area contributed by atoms with Crippen LogP contribution in [0.15, 0.2) is 50.7 Å². The van der Waals surface area contributed by atoms with Crippen molar-refractivity contribution >= 4 is 12.2 Å². The van der Waals surface area contributed by atoms with Gasteiger partial charge in [0.15, 0.2) is 6.39 Å². The predicted octanol–water partition coefficient (Wildman–Crippen LogP) is 1.59. The monoisotopic (exact) mass is 365 g/mol. The Labute approximate surface area is 156 Å². The molecule has 2 heterocycles. The summed E-state index contributed by atoms with van der Waals surface area (Å²) in [5, 5.41) is 0.420. The molecule has 0 aliphatic heterocycles. The molecule has 27 heavy (non-hydrogen) atoms. The van der Waals surface area contributed by atoms with Gasteiger partial charge in [-0.2, -0.15) is 0 Å². The van der Waals surface area contributed by atoms with Crippen molar-refractivity contribution in [1.29, 1.82) is 0 Å². The lowest BCUT2D eigenvalue weighted by Gasteiger charge is -2.14. The Morgan fingerprint density at radius 2 is 1.70 bits per heavy atom. The smallest absolute Gasteiger partial charge is 0.272 e. The Morgan fingerprint density at radius 3 is 2.41 bits per heavy atom. The van der Waals surface area contributed by atoms with Gasteiger partial charge in [-0.25, -0.2) is 4.98 Å². The van der Waals surface area contributed by atoms with Gasteiger partial charge in [-0.05, 0) is 24.5 Å². The summed E-state index contributed by atoms with van der Waals surface area (Å²) < 4.78 is 5.44. The van der Waals surface area contributed by atoms with E-state index in [9.17, 15) is 9.59 Å². The van der Waals surface area contributed by atoms with E-state index in [0.717, 1.165) is 6.42 Å². The number of hydrogen-bond donors (Lipinski definition) is 2. The number of H-pyrrole nitrogens is 2. The number of aromatic amines is 2. The van der Waals surface area contributed by atoms with Crippen molar-refractivity contribution in [2.75, 3.05) is 0 Å². The maximum absolute atomic E-state index is 12.4. The van der Waals surface area contributed by atoms with Gasteiger partial charge in [0.05, 0.1) is 0 Å². The summed E-state index contributed by atoms with van der Waals surface area (Å²) >= 11 is 0. The molecule has 3 aromatic rings. The van der Waals surface area contributed by atoms with Gasteiger partial charge in [0, 0.05) is 5.41 Å². The Hall–Kier alpha value is -3.15. The fourth-order valence-corrected chi connectivity index (χ4v) is 2.82. The summed E-state index contributed by atoms with van der Waals surface area (Å²) in [7, 11) is 0. The van der Waals surface area contributed by atoms with Gasteiger partial charge in [-0.15, -0.1) is 0 Å². The lowest BCUT2D eigenvalue weighted by molar-refractivity contribution is 0.407. The lowest BCUT2D eigenvalue weighted by atomic mass is 9.92. The van der Waals surface area contributed by atoms with E-state index in [1.165, 1.54) is 18.0 Å². The number of nitrogens with zero attached hydrogens (tertiary/aromatic N) is 1. The van der Waals surface area contributed by atoms with Crippen LogP contribution in [0.2, 0.25) is 0 Å². The van der Waals surface area contributed by atoms with E-state index in [1.807, 2.05) is 51.1 Å². The third kappa shape index (κ3) is 4.53. The molecule has 0 amide bonds. The minimum absolute atomic E-state index is 0.152. The van der Waals surface area contributed by atoms with Gasteiger partial charge in [-0.3, -0.25) is 9.59 Å². The van der Waals surface area contributed by atoms with Crippen LogP contribution in [-0.2, 0) is 11.8 Å². The fourth-order valence-electron chi connectivity index (χ4n) is 2.82. The molecule has 1 aromatic carbocycles. The van der Waals surface area contributed by atoms with Crippen molar-refractivity contribution < 1.29 is 4.42 Å². The van der Waals surface area contributed by atoms with E-state index in [1.54, 1.807) is 6.08 Å². The van der Waals surface area contributed by atoms with Crippen molar-refractivity contribution in [1.82, 2.24) is 15.0 Å². The third-order valence-electron chi connectivity index (χ3n) is 4.17. The molecule has 0 atom stereocenters. The second-order valence-corrected chi connectivity index (χ2v) is 7.43. The number of aromatic nitrogens is 3. The number of oxazole rings is 1. The van der Waals surface area contributed by atoms with E-state index in [0.29, 0.717) is 17.9 Å². The highest BCUT2D eigenvalue weighted by Gasteiger charge is 2.21. The van der Waals surface area contributed by atoms with Crippen molar-refractivity contribution in [3.05, 3.63) is 85.1 Å². The number of aryl methyl sites for hydroxylation is 1. The zero-order chi connectivity index (χ0) is 19.4. The van der Waals surface area contributed by atoms with Gasteiger partial charge in [0.25, 0.3) is 11.1 Å². The van der Waals surface area contributed by atoms with Gasteiger partial charge in [-0.1, -0.05) is 57.2 Å². The minimum Gasteiger partial charge on any atom is -0.447 e. The summed E-state index contributed by atoms with van der Waals surface area (Å²) in [5.74, 6) is 0.654. The van der Waals surface area contributed by atoms with Crippen molar-refractivity contribution in [2.24, 2.45) is 0 Å². The van der Waals surface area contributed by atoms with E-state index >= 15 is 0 Å². The standard InChI is InChI=1S/C21H23N3O3/c1-21(2,3)18-16(22-13-27-18)12-17-20(26)23-15(19(25)24-17)11-7-10-14-8-5-4-6-9-14/h4-6,8-9,11-13H,7,10H2,1-3H3,(H,23,26)(H,24,25). The molecule has 0 saturated heterocycles. The molecule has 3 rings (SSSR count). The SMILES string of the molecule is CC(C)(C)c1ocnc1C=c1[nH]c(=O)c(=CCCc2ccccc2)[nH]c1=O. The normalized spacial score (nSPS) is 13.3. The predicted molar refractivity (Wildman–Crippen MR) is 105 cm³/mol. The Bertz CT molecular complexity index is 1150. The number of nitrogens with one attached hydrogen (secondary N) is 2. The third-order valence-corrected chi connectivity index (χ3v) is 4.17. The van der Waals surface area contributed by atoms with Crippen LogP contribution in [0.4, 0.5) is 0 Å². The van der Waals surface area contributed by atoms with Crippen LogP contribution < -0.4 is 21.8 Å². The first-order chi connectivity index (χ1) is 12.8. The van der Waals surface area contributed by atoms with Crippen LogP contribution in [0.5, 0.6) is 0 Å². The fraction of sp³-hybridized carbons (Fsp3) is 0.286. The van der Waals surface area contributed by atoms with Crippen molar-refractivity contribution in [3.63, 3.8) is 0 Å². The average Bonchev–Trinajstić information content (AvgIpc) is 3.08. The van der Waals surface area contributed by atoms with Gasteiger partial charge < -0.3 is 14.4 Å². The van der Waals surface area contributed by atoms with Crippen LogP contribution in [0.3, 0.4) is 0 Å². The second kappa shape index (κ2) is 7.61. The molecule has 0 radical (unpaired) electrons. The minimum atomic E-state index is -0.372. The maximum atomic E-state index is 12.4. The van der Waals surface area contributed by atoms with Gasteiger partial charge in [0.2, 0.25) is 0 Å². The molecule has 0 unspecified atom stereocenters. The molecule has 0 saturated carbocycles. The molecule has 0 aliphatic carbocycles. The Kier molecular flexibility index (Phi) is 5.26.